The van der Waals surface area contributed by atoms with E-state index in [1.165, 1.54) is 12.8 Å². The van der Waals surface area contributed by atoms with Crippen LogP contribution in [0.25, 0.3) is 0 Å². The fraction of sp³-hybridized carbons (Fsp3) is 0.923. The van der Waals surface area contributed by atoms with Crippen molar-refractivity contribution in [1.82, 2.24) is 10.2 Å². The van der Waals surface area contributed by atoms with Crippen LogP contribution >= 0.6 is 0 Å². The topological polar surface area (TPSA) is 32.3 Å². The molecule has 1 saturated heterocycles. The van der Waals surface area contributed by atoms with E-state index < -0.39 is 0 Å². The third-order valence-electron chi connectivity index (χ3n) is 3.56. The first-order valence-electron chi connectivity index (χ1n) is 6.59. The van der Waals surface area contributed by atoms with Gasteiger partial charge < -0.3 is 10.2 Å². The zero-order chi connectivity index (χ0) is 12.0. The van der Waals surface area contributed by atoms with Crippen molar-refractivity contribution in [3.05, 3.63) is 0 Å². The second kappa shape index (κ2) is 6.89. The molecule has 1 N–H and O–H groups in total. The molecule has 1 aliphatic heterocycles. The molecule has 1 atom stereocenters. The fourth-order valence-electron chi connectivity index (χ4n) is 2.29. The van der Waals surface area contributed by atoms with Gasteiger partial charge in [0.15, 0.2) is 0 Å². The molecule has 1 heterocycles. The summed E-state index contributed by atoms with van der Waals surface area (Å²) in [6, 6.07) is 0. The summed E-state index contributed by atoms with van der Waals surface area (Å²) in [5.41, 5.74) is 0. The molecule has 0 aromatic carbocycles. The minimum absolute atomic E-state index is 0.362. The van der Waals surface area contributed by atoms with Gasteiger partial charge in [-0.2, -0.15) is 0 Å². The maximum atomic E-state index is 11.8. The van der Waals surface area contributed by atoms with Crippen LogP contribution < -0.4 is 5.32 Å². The molecule has 3 nitrogen and oxygen atoms in total. The van der Waals surface area contributed by atoms with E-state index >= 15 is 0 Å². The van der Waals surface area contributed by atoms with Gasteiger partial charge in [-0.05, 0) is 38.3 Å². The van der Waals surface area contributed by atoms with E-state index in [1.54, 1.807) is 0 Å². The highest BCUT2D eigenvalue weighted by atomic mass is 16.2. The molecule has 0 aliphatic carbocycles. The van der Waals surface area contributed by atoms with Crippen molar-refractivity contribution in [2.45, 2.75) is 39.5 Å². The summed E-state index contributed by atoms with van der Waals surface area (Å²) in [6.45, 7) is 7.44. The number of nitrogens with one attached hydrogen (secondary N) is 1. The summed E-state index contributed by atoms with van der Waals surface area (Å²) < 4.78 is 0. The third-order valence-corrected chi connectivity index (χ3v) is 3.56. The average Bonchev–Trinajstić information content (AvgIpc) is 2.25. The Balaban J connectivity index is 2.14. The van der Waals surface area contributed by atoms with Gasteiger partial charge in [0.2, 0.25) is 5.91 Å². The smallest absolute Gasteiger partial charge is 0.222 e. The molecule has 1 rings (SSSR count). The molecule has 0 spiro atoms. The molecule has 1 unspecified atom stereocenters. The molecule has 0 aromatic heterocycles. The Bertz CT molecular complexity index is 212. The molecule has 3 heteroatoms. The molecule has 16 heavy (non-hydrogen) atoms. The Kier molecular flexibility index (Phi) is 5.81. The number of carbonyl (C=O) groups is 1. The minimum atomic E-state index is 0.362. The number of hydrogen-bond acceptors (Lipinski definition) is 2. The first kappa shape index (κ1) is 13.5. The van der Waals surface area contributed by atoms with Gasteiger partial charge >= 0.3 is 0 Å². The Morgan fingerprint density at radius 2 is 2.12 bits per heavy atom. The molecule has 0 saturated carbocycles. The number of amides is 1. The molecule has 0 radical (unpaired) electrons. The zero-order valence-corrected chi connectivity index (χ0v) is 11.0. The van der Waals surface area contributed by atoms with E-state index in [0.717, 1.165) is 38.4 Å². The second-order valence-corrected chi connectivity index (χ2v) is 5.11. The standard InChI is InChI=1S/C13H26N2O/c1-4-12(7-8-14-3)5-6-13(16)15-9-11(2)10-15/h11-12,14H,4-10H2,1-3H3. The van der Waals surface area contributed by atoms with Gasteiger partial charge in [-0.15, -0.1) is 0 Å². The maximum absolute atomic E-state index is 11.8. The molecule has 0 aromatic rings. The quantitative estimate of drug-likeness (QED) is 0.719. The summed E-state index contributed by atoms with van der Waals surface area (Å²) in [6.07, 6.45) is 4.18. The lowest BCUT2D eigenvalue weighted by Crippen LogP contribution is -2.48. The van der Waals surface area contributed by atoms with Crippen molar-refractivity contribution in [3.8, 4) is 0 Å². The van der Waals surface area contributed by atoms with Crippen LogP contribution in [0.5, 0.6) is 0 Å². The summed E-state index contributed by atoms with van der Waals surface area (Å²) >= 11 is 0. The monoisotopic (exact) mass is 226 g/mol. The highest BCUT2D eigenvalue weighted by Crippen LogP contribution is 2.19. The number of hydrogen-bond donors (Lipinski definition) is 1. The minimum Gasteiger partial charge on any atom is -0.342 e. The van der Waals surface area contributed by atoms with Crippen LogP contribution in [0.3, 0.4) is 0 Å². The summed E-state index contributed by atoms with van der Waals surface area (Å²) in [7, 11) is 1.99. The van der Waals surface area contributed by atoms with Crippen molar-refractivity contribution in [2.75, 3.05) is 26.7 Å². The largest absolute Gasteiger partial charge is 0.342 e. The SMILES string of the molecule is CCC(CCNC)CCC(=O)N1CC(C)C1. The molecule has 94 valence electrons. The number of rotatable bonds is 7. The summed E-state index contributed by atoms with van der Waals surface area (Å²) in [5, 5.41) is 3.18. The lowest BCUT2D eigenvalue weighted by molar-refractivity contribution is -0.137. The van der Waals surface area contributed by atoms with Crippen molar-refractivity contribution >= 4 is 5.91 Å². The Morgan fingerprint density at radius 1 is 1.44 bits per heavy atom. The summed E-state index contributed by atoms with van der Waals surface area (Å²) in [5.74, 6) is 1.78. The molecule has 0 bridgehead atoms. The van der Waals surface area contributed by atoms with Gasteiger partial charge in [0.05, 0.1) is 0 Å². The molecular weight excluding hydrogens is 200 g/mol. The third kappa shape index (κ3) is 4.12. The van der Waals surface area contributed by atoms with Crippen LogP contribution in [0.2, 0.25) is 0 Å². The van der Waals surface area contributed by atoms with Crippen molar-refractivity contribution < 1.29 is 4.79 Å². The number of likely N-dealkylation sites (tertiary alicyclic amines) is 1. The van der Waals surface area contributed by atoms with E-state index in [1.807, 2.05) is 11.9 Å². The maximum Gasteiger partial charge on any atom is 0.222 e. The Labute approximate surface area is 99.6 Å². The van der Waals surface area contributed by atoms with E-state index in [4.69, 9.17) is 0 Å². The lowest BCUT2D eigenvalue weighted by atomic mass is 9.95. The zero-order valence-electron chi connectivity index (χ0n) is 11.0. The summed E-state index contributed by atoms with van der Waals surface area (Å²) in [4.78, 5) is 13.8. The van der Waals surface area contributed by atoms with Crippen LogP contribution in [0.15, 0.2) is 0 Å². The van der Waals surface area contributed by atoms with Crippen LogP contribution in [0.1, 0.15) is 39.5 Å². The van der Waals surface area contributed by atoms with Gasteiger partial charge in [0.25, 0.3) is 0 Å². The average molecular weight is 226 g/mol. The van der Waals surface area contributed by atoms with Crippen LogP contribution in [-0.4, -0.2) is 37.5 Å². The highest BCUT2D eigenvalue weighted by molar-refractivity contribution is 5.76. The van der Waals surface area contributed by atoms with Crippen molar-refractivity contribution in [1.29, 1.82) is 0 Å². The molecule has 1 fully saturated rings. The first-order valence-corrected chi connectivity index (χ1v) is 6.59. The van der Waals surface area contributed by atoms with Crippen molar-refractivity contribution in [2.24, 2.45) is 11.8 Å². The van der Waals surface area contributed by atoms with Gasteiger partial charge in [-0.25, -0.2) is 0 Å². The normalized spacial score (nSPS) is 18.3. The predicted octanol–water partition coefficient (Wildman–Crippen LogP) is 1.88. The van der Waals surface area contributed by atoms with Gasteiger partial charge in [-0.3, -0.25) is 4.79 Å². The van der Waals surface area contributed by atoms with Gasteiger partial charge in [0.1, 0.15) is 0 Å². The Hall–Kier alpha value is -0.570. The predicted molar refractivity (Wildman–Crippen MR) is 67.3 cm³/mol. The van der Waals surface area contributed by atoms with E-state index in [2.05, 4.69) is 19.2 Å². The highest BCUT2D eigenvalue weighted by Gasteiger charge is 2.26. The second-order valence-electron chi connectivity index (χ2n) is 5.11. The molecule has 1 amide bonds. The van der Waals surface area contributed by atoms with Crippen molar-refractivity contribution in [3.63, 3.8) is 0 Å². The lowest BCUT2D eigenvalue weighted by Gasteiger charge is -2.37. The van der Waals surface area contributed by atoms with Gasteiger partial charge in [-0.1, -0.05) is 20.3 Å². The molecule has 1 aliphatic rings. The first-order chi connectivity index (χ1) is 7.67. The van der Waals surface area contributed by atoms with Gasteiger partial charge in [0, 0.05) is 19.5 Å². The molecular formula is C13H26N2O. The van der Waals surface area contributed by atoms with E-state index in [9.17, 15) is 4.79 Å². The van der Waals surface area contributed by atoms with E-state index in [0.29, 0.717) is 11.8 Å². The fourth-order valence-corrected chi connectivity index (χ4v) is 2.29. The van der Waals surface area contributed by atoms with Crippen LogP contribution in [0, 0.1) is 11.8 Å². The van der Waals surface area contributed by atoms with E-state index in [-0.39, 0.29) is 0 Å². The van der Waals surface area contributed by atoms with Crippen LogP contribution in [-0.2, 0) is 4.79 Å². The number of carbonyl (C=O) groups excluding carboxylic acids is 1. The Morgan fingerprint density at radius 3 is 2.62 bits per heavy atom. The van der Waals surface area contributed by atoms with Crippen LogP contribution in [0.4, 0.5) is 0 Å². The number of nitrogens with zero attached hydrogens (tertiary/aromatic N) is 1.